The van der Waals surface area contributed by atoms with Gasteiger partial charge < -0.3 is 15.5 Å². The average molecular weight is 461 g/mol. The van der Waals surface area contributed by atoms with Crippen molar-refractivity contribution in [1.29, 1.82) is 0 Å². The maximum atomic E-state index is 13.9. The van der Waals surface area contributed by atoms with Gasteiger partial charge >= 0.3 is 0 Å². The number of hydrogen-bond acceptors (Lipinski definition) is 5. The predicted octanol–water partition coefficient (Wildman–Crippen LogP) is 4.41. The number of nitrogens with one attached hydrogen (secondary N) is 2. The summed E-state index contributed by atoms with van der Waals surface area (Å²) in [5, 5.41) is 6.87. The minimum atomic E-state index is -2.00. The molecular weight excluding hydrogens is 438 g/mol. The van der Waals surface area contributed by atoms with Crippen LogP contribution >= 0.6 is 0 Å². The molecule has 1 aliphatic carbocycles. The van der Waals surface area contributed by atoms with Crippen LogP contribution in [0.25, 0.3) is 10.9 Å². The Labute approximate surface area is 188 Å². The number of fused-ring (bicyclic) bond motifs is 1. The zero-order valence-electron chi connectivity index (χ0n) is 18.1. The van der Waals surface area contributed by atoms with E-state index >= 15 is 0 Å². The Morgan fingerprint density at radius 1 is 0.939 bits per heavy atom. The minimum absolute atomic E-state index is 0.0618. The number of carbonyl (C=O) groups excluding carboxylic acids is 1. The number of rotatable bonds is 5. The highest BCUT2D eigenvalue weighted by molar-refractivity contribution is 5.94. The molecule has 0 radical (unpaired) electrons. The van der Waals surface area contributed by atoms with Gasteiger partial charge in [-0.05, 0) is 43.9 Å². The molecule has 174 valence electrons. The molecule has 10 heteroatoms. The van der Waals surface area contributed by atoms with Crippen molar-refractivity contribution in [2.24, 2.45) is 0 Å². The van der Waals surface area contributed by atoms with E-state index in [0.29, 0.717) is 37.7 Å². The van der Waals surface area contributed by atoms with E-state index in [4.69, 9.17) is 0 Å². The first-order valence-electron chi connectivity index (χ1n) is 10.6. The lowest BCUT2D eigenvalue weighted by Crippen LogP contribution is -2.40. The Bertz CT molecular complexity index is 1200. The van der Waals surface area contributed by atoms with Crippen molar-refractivity contribution in [2.75, 3.05) is 24.3 Å². The minimum Gasteiger partial charge on any atom is -0.362 e. The molecule has 0 spiro atoms. The first kappa shape index (κ1) is 22.8. The lowest BCUT2D eigenvalue weighted by molar-refractivity contribution is 0.0920. The molecular formula is C23H23F4N5O. The Morgan fingerprint density at radius 2 is 1.61 bits per heavy atom. The van der Waals surface area contributed by atoms with Gasteiger partial charge in [-0.25, -0.2) is 22.5 Å². The SMILES string of the molecule is CN(C)c1nc(N[C@H]2CC[C@@H](NC(=O)c3cc(F)c(F)c(F)c3F)CC2)nc2ccccc12. The second-order valence-corrected chi connectivity index (χ2v) is 8.30. The van der Waals surface area contributed by atoms with Crippen molar-refractivity contribution in [3.05, 3.63) is 59.2 Å². The number of anilines is 2. The summed E-state index contributed by atoms with van der Waals surface area (Å²) in [5.74, 6) is -6.93. The van der Waals surface area contributed by atoms with Gasteiger partial charge in [-0.1, -0.05) is 12.1 Å². The molecule has 0 bridgehead atoms. The maximum Gasteiger partial charge on any atom is 0.254 e. The van der Waals surface area contributed by atoms with Crippen molar-refractivity contribution >= 4 is 28.6 Å². The van der Waals surface area contributed by atoms with Crippen LogP contribution in [0.2, 0.25) is 0 Å². The van der Waals surface area contributed by atoms with E-state index in [9.17, 15) is 22.4 Å². The van der Waals surface area contributed by atoms with E-state index in [-0.39, 0.29) is 12.1 Å². The van der Waals surface area contributed by atoms with Crippen LogP contribution in [-0.4, -0.2) is 42.1 Å². The zero-order chi connectivity index (χ0) is 23.7. The van der Waals surface area contributed by atoms with Crippen LogP contribution in [0, 0.1) is 23.3 Å². The summed E-state index contributed by atoms with van der Waals surface area (Å²) in [6.07, 6.45) is 2.47. The first-order valence-corrected chi connectivity index (χ1v) is 10.6. The molecule has 1 aromatic heterocycles. The summed E-state index contributed by atoms with van der Waals surface area (Å²) in [5.41, 5.74) is -0.0344. The Balaban J connectivity index is 1.39. The van der Waals surface area contributed by atoms with Crippen molar-refractivity contribution in [3.8, 4) is 0 Å². The second kappa shape index (κ2) is 9.21. The number of halogens is 4. The van der Waals surface area contributed by atoms with Gasteiger partial charge in [0, 0.05) is 31.6 Å². The van der Waals surface area contributed by atoms with Gasteiger partial charge in [-0.3, -0.25) is 4.79 Å². The second-order valence-electron chi connectivity index (χ2n) is 8.30. The molecule has 0 aliphatic heterocycles. The Morgan fingerprint density at radius 3 is 2.30 bits per heavy atom. The molecule has 2 N–H and O–H groups in total. The van der Waals surface area contributed by atoms with E-state index in [1.807, 2.05) is 43.3 Å². The predicted molar refractivity (Wildman–Crippen MR) is 117 cm³/mol. The third-order valence-corrected chi connectivity index (χ3v) is 5.75. The number of benzene rings is 2. The summed E-state index contributed by atoms with van der Waals surface area (Å²) in [7, 11) is 3.82. The normalized spacial score (nSPS) is 18.2. The average Bonchev–Trinajstić information content (AvgIpc) is 2.80. The van der Waals surface area contributed by atoms with Crippen molar-refractivity contribution in [3.63, 3.8) is 0 Å². The van der Waals surface area contributed by atoms with Gasteiger partial charge in [0.25, 0.3) is 5.91 Å². The maximum absolute atomic E-state index is 13.9. The van der Waals surface area contributed by atoms with Crippen LogP contribution < -0.4 is 15.5 Å². The van der Waals surface area contributed by atoms with Crippen molar-refractivity contribution in [2.45, 2.75) is 37.8 Å². The fourth-order valence-electron chi connectivity index (χ4n) is 4.03. The third-order valence-electron chi connectivity index (χ3n) is 5.75. The summed E-state index contributed by atoms with van der Waals surface area (Å²) in [6.45, 7) is 0. The molecule has 1 amide bonds. The highest BCUT2D eigenvalue weighted by atomic mass is 19.2. The molecule has 1 fully saturated rings. The van der Waals surface area contributed by atoms with Crippen molar-refractivity contribution < 1.29 is 22.4 Å². The molecule has 4 rings (SSSR count). The zero-order valence-corrected chi connectivity index (χ0v) is 18.1. The van der Waals surface area contributed by atoms with E-state index in [0.717, 1.165) is 16.7 Å². The van der Waals surface area contributed by atoms with Crippen LogP contribution in [0.4, 0.5) is 29.3 Å². The van der Waals surface area contributed by atoms with E-state index in [1.54, 1.807) is 0 Å². The quantitative estimate of drug-likeness (QED) is 0.335. The number of para-hydroxylation sites is 1. The van der Waals surface area contributed by atoms with Crippen LogP contribution in [0.1, 0.15) is 36.0 Å². The number of hydrogen-bond donors (Lipinski definition) is 2. The number of nitrogens with zero attached hydrogens (tertiary/aromatic N) is 3. The number of amides is 1. The van der Waals surface area contributed by atoms with Gasteiger partial charge in [0.05, 0.1) is 11.1 Å². The van der Waals surface area contributed by atoms with Gasteiger partial charge in [0.2, 0.25) is 5.95 Å². The van der Waals surface area contributed by atoms with Crippen LogP contribution in [0.15, 0.2) is 30.3 Å². The van der Waals surface area contributed by atoms with Crippen molar-refractivity contribution in [1.82, 2.24) is 15.3 Å². The smallest absolute Gasteiger partial charge is 0.254 e. The lowest BCUT2D eigenvalue weighted by Gasteiger charge is -2.30. The third kappa shape index (κ3) is 4.69. The molecule has 1 heterocycles. The topological polar surface area (TPSA) is 70.2 Å². The summed E-state index contributed by atoms with van der Waals surface area (Å²) in [6, 6.07) is 7.85. The lowest BCUT2D eigenvalue weighted by atomic mass is 9.91. The van der Waals surface area contributed by atoms with Crippen LogP contribution in [0.3, 0.4) is 0 Å². The van der Waals surface area contributed by atoms with Gasteiger partial charge in [-0.15, -0.1) is 0 Å². The largest absolute Gasteiger partial charge is 0.362 e. The highest BCUT2D eigenvalue weighted by Crippen LogP contribution is 2.27. The molecule has 3 aromatic rings. The van der Waals surface area contributed by atoms with Crippen LogP contribution in [0.5, 0.6) is 0 Å². The Kier molecular flexibility index (Phi) is 6.35. The first-order chi connectivity index (χ1) is 15.7. The van der Waals surface area contributed by atoms with E-state index in [1.165, 1.54) is 0 Å². The number of aromatic nitrogens is 2. The summed E-state index contributed by atoms with van der Waals surface area (Å²) in [4.78, 5) is 23.4. The molecule has 0 saturated heterocycles. The van der Waals surface area contributed by atoms with E-state index < -0.39 is 34.7 Å². The number of carbonyl (C=O) groups is 1. The van der Waals surface area contributed by atoms with Gasteiger partial charge in [0.15, 0.2) is 23.3 Å². The molecule has 1 saturated carbocycles. The molecule has 2 aromatic carbocycles. The van der Waals surface area contributed by atoms with Gasteiger partial charge in [0.1, 0.15) is 5.82 Å². The summed E-state index contributed by atoms with van der Waals surface area (Å²) >= 11 is 0. The molecule has 0 atom stereocenters. The fraction of sp³-hybridized carbons (Fsp3) is 0.348. The highest BCUT2D eigenvalue weighted by Gasteiger charge is 2.27. The molecule has 6 nitrogen and oxygen atoms in total. The Hall–Kier alpha value is -3.43. The molecule has 33 heavy (non-hydrogen) atoms. The fourth-order valence-corrected chi connectivity index (χ4v) is 4.03. The molecule has 1 aliphatic rings. The van der Waals surface area contributed by atoms with E-state index in [2.05, 4.69) is 20.6 Å². The standard InChI is InChI=1S/C23H23F4N5O/c1-32(2)21-14-5-3-4-6-17(14)30-23(31-21)29-13-9-7-12(8-10-13)28-22(33)15-11-16(24)19(26)20(27)18(15)25/h3-6,11-13H,7-10H2,1-2H3,(H,28,33)(H,29,30,31)/t12-,13+. The molecule has 0 unspecified atom stereocenters. The van der Waals surface area contributed by atoms with Crippen LogP contribution in [-0.2, 0) is 0 Å². The monoisotopic (exact) mass is 461 g/mol. The summed E-state index contributed by atoms with van der Waals surface area (Å²) < 4.78 is 53.9. The van der Waals surface area contributed by atoms with Gasteiger partial charge in [-0.2, -0.15) is 4.98 Å².